The zero-order chi connectivity index (χ0) is 27.0. The fourth-order valence-electron chi connectivity index (χ4n) is 6.04. The molecule has 0 radical (unpaired) electrons. The molecule has 202 valence electrons. The van der Waals surface area contributed by atoms with Gasteiger partial charge in [0.1, 0.15) is 5.82 Å². The number of aryl methyl sites for hydroxylation is 3. The van der Waals surface area contributed by atoms with Crippen molar-refractivity contribution in [1.29, 1.82) is 0 Å². The number of hydrogen-bond donors (Lipinski definition) is 1. The zero-order valence-electron chi connectivity index (χ0n) is 23.3. The van der Waals surface area contributed by atoms with Crippen molar-refractivity contribution in [2.45, 2.75) is 51.9 Å². The Morgan fingerprint density at radius 1 is 0.949 bits per heavy atom. The van der Waals surface area contributed by atoms with Crippen LogP contribution in [-0.2, 0) is 12.8 Å². The van der Waals surface area contributed by atoms with E-state index >= 15 is 0 Å². The molecule has 39 heavy (non-hydrogen) atoms. The third-order valence-corrected chi connectivity index (χ3v) is 8.12. The lowest BCUT2D eigenvalue weighted by molar-refractivity contribution is 0.442. The van der Waals surface area contributed by atoms with Crippen molar-refractivity contribution in [2.75, 3.05) is 26.2 Å². The molecule has 2 nitrogen and oxygen atoms in total. The van der Waals surface area contributed by atoms with E-state index in [9.17, 15) is 4.39 Å². The Hall–Kier alpha value is -3.43. The lowest BCUT2D eigenvalue weighted by atomic mass is 9.86. The monoisotopic (exact) mass is 520 g/mol. The quantitative estimate of drug-likeness (QED) is 0.214. The van der Waals surface area contributed by atoms with Crippen LogP contribution in [0.5, 0.6) is 0 Å². The molecule has 0 amide bonds. The van der Waals surface area contributed by atoms with Crippen LogP contribution in [0.15, 0.2) is 91.2 Å². The number of nitrogens with one attached hydrogen (secondary N) is 1. The Labute approximate surface area is 234 Å². The van der Waals surface area contributed by atoms with E-state index in [1.54, 1.807) is 12.1 Å². The average molecular weight is 521 g/mol. The highest BCUT2D eigenvalue weighted by Gasteiger charge is 2.21. The number of hydrogen-bond acceptors (Lipinski definition) is 2. The Kier molecular flexibility index (Phi) is 9.11. The number of allylic oxidation sites excluding steroid dienone is 2. The number of fused-ring (bicyclic) bond motifs is 1. The SMILES string of the molecule is C=C(/C=C/CNCCCc1ccc(C2=C(c3ccc(F)cc3C)CCCc3ccccc32)cc1)N1CCCC1. The van der Waals surface area contributed by atoms with E-state index in [0.717, 1.165) is 75.1 Å². The molecule has 0 saturated carbocycles. The summed E-state index contributed by atoms with van der Waals surface area (Å²) in [6, 6.07) is 23.1. The van der Waals surface area contributed by atoms with Crippen molar-refractivity contribution < 1.29 is 4.39 Å². The molecule has 0 atom stereocenters. The standard InChI is InChI=1S/C36H41FN2/c1-27-26-32(37)20-21-33(27)35-15-7-13-30-12-3-4-14-34(30)36(35)31-18-16-29(17-19-31)11-9-23-38-22-8-10-28(2)39-24-5-6-25-39/h3-4,8,10,12,14,16-21,26,38H,2,5-7,9,11,13,15,22-25H2,1H3/b10-8+. The smallest absolute Gasteiger partial charge is 0.123 e. The third-order valence-electron chi connectivity index (χ3n) is 8.12. The number of nitrogens with zero attached hydrogens (tertiary/aromatic N) is 1. The molecule has 1 heterocycles. The first-order chi connectivity index (χ1) is 19.1. The van der Waals surface area contributed by atoms with Gasteiger partial charge in [0.2, 0.25) is 0 Å². The van der Waals surface area contributed by atoms with Crippen molar-refractivity contribution in [2.24, 2.45) is 0 Å². The van der Waals surface area contributed by atoms with Crippen LogP contribution in [0.4, 0.5) is 4.39 Å². The van der Waals surface area contributed by atoms with E-state index in [1.807, 2.05) is 13.0 Å². The summed E-state index contributed by atoms with van der Waals surface area (Å²) >= 11 is 0. The second-order valence-corrected chi connectivity index (χ2v) is 10.9. The predicted octanol–water partition coefficient (Wildman–Crippen LogP) is 8.12. The second kappa shape index (κ2) is 13.1. The maximum absolute atomic E-state index is 13.9. The highest BCUT2D eigenvalue weighted by Crippen LogP contribution is 2.40. The summed E-state index contributed by atoms with van der Waals surface area (Å²) in [7, 11) is 0. The van der Waals surface area contributed by atoms with Crippen LogP contribution in [0, 0.1) is 12.7 Å². The maximum atomic E-state index is 13.9. The van der Waals surface area contributed by atoms with Crippen LogP contribution in [0.25, 0.3) is 11.1 Å². The summed E-state index contributed by atoms with van der Waals surface area (Å²) in [5, 5.41) is 3.54. The lowest BCUT2D eigenvalue weighted by Gasteiger charge is -2.18. The van der Waals surface area contributed by atoms with Gasteiger partial charge in [-0.05, 0) is 121 Å². The topological polar surface area (TPSA) is 15.3 Å². The molecule has 3 aromatic carbocycles. The molecule has 5 rings (SSSR count). The molecule has 0 aromatic heterocycles. The van der Waals surface area contributed by atoms with E-state index in [-0.39, 0.29) is 5.82 Å². The number of benzene rings is 3. The fraction of sp³-hybridized carbons (Fsp3) is 0.333. The minimum Gasteiger partial charge on any atom is -0.372 e. The maximum Gasteiger partial charge on any atom is 0.123 e. The number of halogens is 1. The van der Waals surface area contributed by atoms with E-state index in [4.69, 9.17) is 0 Å². The first-order valence-electron chi connectivity index (χ1n) is 14.6. The van der Waals surface area contributed by atoms with Gasteiger partial charge in [0.05, 0.1) is 0 Å². The average Bonchev–Trinajstić information content (AvgIpc) is 3.42. The Bertz CT molecular complexity index is 1340. The molecular weight excluding hydrogens is 479 g/mol. The Morgan fingerprint density at radius 3 is 2.54 bits per heavy atom. The summed E-state index contributed by atoms with van der Waals surface area (Å²) < 4.78 is 13.9. The normalized spacial score (nSPS) is 15.6. The van der Waals surface area contributed by atoms with Gasteiger partial charge in [0.15, 0.2) is 0 Å². The van der Waals surface area contributed by atoms with Crippen LogP contribution in [-0.4, -0.2) is 31.1 Å². The molecule has 1 saturated heterocycles. The van der Waals surface area contributed by atoms with Crippen molar-refractivity contribution in [3.8, 4) is 0 Å². The van der Waals surface area contributed by atoms with Gasteiger partial charge in [0, 0.05) is 25.3 Å². The minimum atomic E-state index is -0.171. The van der Waals surface area contributed by atoms with Crippen molar-refractivity contribution in [3.05, 3.63) is 130 Å². The minimum absolute atomic E-state index is 0.171. The summed E-state index contributed by atoms with van der Waals surface area (Å²) in [5.41, 5.74) is 11.2. The van der Waals surface area contributed by atoms with Crippen molar-refractivity contribution in [1.82, 2.24) is 10.2 Å². The predicted molar refractivity (Wildman–Crippen MR) is 163 cm³/mol. The molecule has 0 unspecified atom stereocenters. The molecule has 0 spiro atoms. The molecule has 3 heteroatoms. The lowest BCUT2D eigenvalue weighted by Crippen LogP contribution is -2.18. The second-order valence-electron chi connectivity index (χ2n) is 10.9. The molecule has 1 aliphatic heterocycles. The van der Waals surface area contributed by atoms with Gasteiger partial charge in [0.25, 0.3) is 0 Å². The highest BCUT2D eigenvalue weighted by molar-refractivity contribution is 6.00. The summed E-state index contributed by atoms with van der Waals surface area (Å²) in [5.74, 6) is -0.171. The van der Waals surface area contributed by atoms with Gasteiger partial charge in [-0.1, -0.05) is 67.3 Å². The fourth-order valence-corrected chi connectivity index (χ4v) is 6.04. The molecular formula is C36H41FN2. The van der Waals surface area contributed by atoms with Gasteiger partial charge in [-0.3, -0.25) is 0 Å². The van der Waals surface area contributed by atoms with Crippen LogP contribution < -0.4 is 5.32 Å². The zero-order valence-corrected chi connectivity index (χ0v) is 23.3. The van der Waals surface area contributed by atoms with Gasteiger partial charge >= 0.3 is 0 Å². The molecule has 1 fully saturated rings. The molecule has 2 aliphatic rings. The summed E-state index contributed by atoms with van der Waals surface area (Å²) in [6.07, 6.45) is 12.2. The van der Waals surface area contributed by atoms with Crippen LogP contribution in [0.3, 0.4) is 0 Å². The van der Waals surface area contributed by atoms with Gasteiger partial charge in [-0.15, -0.1) is 0 Å². The number of likely N-dealkylation sites (tertiary alicyclic amines) is 1. The van der Waals surface area contributed by atoms with Crippen LogP contribution in [0.2, 0.25) is 0 Å². The molecule has 1 aliphatic carbocycles. The molecule has 1 N–H and O–H groups in total. The summed E-state index contributed by atoms with van der Waals surface area (Å²) in [4.78, 5) is 2.37. The van der Waals surface area contributed by atoms with Crippen molar-refractivity contribution >= 4 is 11.1 Å². The number of rotatable bonds is 10. The van der Waals surface area contributed by atoms with E-state index < -0.39 is 0 Å². The first kappa shape index (κ1) is 27.1. The summed E-state index contributed by atoms with van der Waals surface area (Å²) in [6.45, 7) is 10.4. The van der Waals surface area contributed by atoms with Crippen molar-refractivity contribution in [3.63, 3.8) is 0 Å². The third kappa shape index (κ3) is 6.78. The van der Waals surface area contributed by atoms with Crippen LogP contribution >= 0.6 is 0 Å². The molecule has 3 aromatic rings. The van der Waals surface area contributed by atoms with Gasteiger partial charge < -0.3 is 10.2 Å². The van der Waals surface area contributed by atoms with E-state index in [2.05, 4.69) is 77.5 Å². The first-order valence-corrected chi connectivity index (χ1v) is 14.6. The molecule has 0 bridgehead atoms. The Balaban J connectivity index is 1.26. The highest BCUT2D eigenvalue weighted by atomic mass is 19.1. The Morgan fingerprint density at radius 2 is 1.74 bits per heavy atom. The van der Waals surface area contributed by atoms with Gasteiger partial charge in [-0.2, -0.15) is 0 Å². The largest absolute Gasteiger partial charge is 0.372 e. The van der Waals surface area contributed by atoms with Gasteiger partial charge in [-0.25, -0.2) is 4.39 Å². The van der Waals surface area contributed by atoms with Crippen LogP contribution in [0.1, 0.15) is 65.5 Å². The van der Waals surface area contributed by atoms with E-state index in [0.29, 0.717) is 0 Å². The van der Waals surface area contributed by atoms with E-state index in [1.165, 1.54) is 46.2 Å².